The van der Waals surface area contributed by atoms with Crippen molar-refractivity contribution in [1.82, 2.24) is 4.90 Å². The van der Waals surface area contributed by atoms with Gasteiger partial charge in [0.15, 0.2) is 11.6 Å². The highest BCUT2D eigenvalue weighted by atomic mass is 19.2. The van der Waals surface area contributed by atoms with Crippen LogP contribution in [0.25, 0.3) is 0 Å². The number of amides is 3. The van der Waals surface area contributed by atoms with Gasteiger partial charge in [0.2, 0.25) is 11.6 Å². The lowest BCUT2D eigenvalue weighted by atomic mass is 9.96. The standard InChI is InChI=1S/C19H15F2N3O3/c1-23-17(26)12-4-2-3-5-15(12)24-16(25)8-9-19(23,24)18(27)22-11-6-7-13(20)14(21)10-11/h2-7,10H,8-9H2,1H3,(H,22,27)/t19-/m0/s1. The van der Waals surface area contributed by atoms with E-state index in [4.69, 9.17) is 0 Å². The van der Waals surface area contributed by atoms with E-state index in [-0.39, 0.29) is 24.4 Å². The molecule has 4 rings (SSSR count). The number of carbonyl (C=O) groups excluding carboxylic acids is 3. The minimum absolute atomic E-state index is 0.0345. The number of benzene rings is 2. The summed E-state index contributed by atoms with van der Waals surface area (Å²) >= 11 is 0. The third kappa shape index (κ3) is 2.33. The van der Waals surface area contributed by atoms with Crippen molar-refractivity contribution in [3.05, 3.63) is 59.7 Å². The van der Waals surface area contributed by atoms with Crippen LogP contribution in [0.15, 0.2) is 42.5 Å². The maximum absolute atomic E-state index is 13.5. The molecule has 0 bridgehead atoms. The number of fused-ring (bicyclic) bond motifs is 3. The van der Waals surface area contributed by atoms with Gasteiger partial charge in [-0.1, -0.05) is 12.1 Å². The number of rotatable bonds is 2. The Labute approximate surface area is 153 Å². The summed E-state index contributed by atoms with van der Waals surface area (Å²) in [5.74, 6) is -3.49. The van der Waals surface area contributed by atoms with Gasteiger partial charge in [-0.15, -0.1) is 0 Å². The normalized spacial score (nSPS) is 21.1. The SMILES string of the molecule is CN1C(=O)c2ccccc2N2C(=O)CC[C@]12C(=O)Nc1ccc(F)c(F)c1. The lowest BCUT2D eigenvalue weighted by molar-refractivity contribution is -0.128. The summed E-state index contributed by atoms with van der Waals surface area (Å²) in [6, 6.07) is 9.53. The zero-order valence-corrected chi connectivity index (χ0v) is 14.3. The van der Waals surface area contributed by atoms with Gasteiger partial charge in [0.05, 0.1) is 11.3 Å². The molecule has 0 radical (unpaired) electrons. The number of nitrogens with zero attached hydrogens (tertiary/aromatic N) is 2. The Balaban J connectivity index is 1.79. The molecule has 138 valence electrons. The summed E-state index contributed by atoms with van der Waals surface area (Å²) in [4.78, 5) is 41.1. The van der Waals surface area contributed by atoms with E-state index in [1.54, 1.807) is 24.3 Å². The molecule has 0 aromatic heterocycles. The number of carbonyl (C=O) groups is 3. The molecule has 0 unspecified atom stereocenters. The van der Waals surface area contributed by atoms with Crippen molar-refractivity contribution in [1.29, 1.82) is 0 Å². The number of hydrogen-bond acceptors (Lipinski definition) is 3. The fourth-order valence-corrected chi connectivity index (χ4v) is 3.73. The summed E-state index contributed by atoms with van der Waals surface area (Å²) in [6.07, 6.45) is 0.176. The van der Waals surface area contributed by atoms with Gasteiger partial charge in [-0.2, -0.15) is 0 Å². The van der Waals surface area contributed by atoms with Crippen molar-refractivity contribution in [2.24, 2.45) is 0 Å². The first kappa shape index (κ1) is 17.1. The van der Waals surface area contributed by atoms with Gasteiger partial charge >= 0.3 is 0 Å². The van der Waals surface area contributed by atoms with E-state index in [1.807, 2.05) is 0 Å². The molecule has 1 atom stereocenters. The molecule has 1 saturated heterocycles. The van der Waals surface area contributed by atoms with E-state index in [0.717, 1.165) is 12.1 Å². The van der Waals surface area contributed by atoms with Crippen LogP contribution in [-0.4, -0.2) is 35.3 Å². The van der Waals surface area contributed by atoms with Gasteiger partial charge in [0.1, 0.15) is 0 Å². The smallest absolute Gasteiger partial charge is 0.271 e. The second-order valence-electron chi connectivity index (χ2n) is 6.51. The van der Waals surface area contributed by atoms with Crippen LogP contribution in [0.5, 0.6) is 0 Å². The van der Waals surface area contributed by atoms with Crippen molar-refractivity contribution in [3.8, 4) is 0 Å². The largest absolute Gasteiger partial charge is 0.322 e. The van der Waals surface area contributed by atoms with Gasteiger partial charge in [0, 0.05) is 31.6 Å². The van der Waals surface area contributed by atoms with Crippen molar-refractivity contribution in [2.75, 3.05) is 17.3 Å². The Morgan fingerprint density at radius 2 is 1.85 bits per heavy atom. The Bertz CT molecular complexity index is 994. The van der Waals surface area contributed by atoms with Crippen LogP contribution in [0.2, 0.25) is 0 Å². The van der Waals surface area contributed by atoms with E-state index < -0.39 is 29.1 Å². The van der Waals surface area contributed by atoms with E-state index in [1.165, 1.54) is 22.9 Å². The first-order valence-electron chi connectivity index (χ1n) is 8.33. The molecule has 2 aliphatic rings. The molecule has 2 aliphatic heterocycles. The van der Waals surface area contributed by atoms with Crippen LogP contribution in [0.1, 0.15) is 23.2 Å². The van der Waals surface area contributed by atoms with Gasteiger partial charge in [0.25, 0.3) is 11.8 Å². The highest BCUT2D eigenvalue weighted by Crippen LogP contribution is 2.44. The zero-order valence-electron chi connectivity index (χ0n) is 14.3. The predicted molar refractivity (Wildman–Crippen MR) is 93.0 cm³/mol. The first-order valence-corrected chi connectivity index (χ1v) is 8.33. The number of para-hydroxylation sites is 1. The third-order valence-electron chi connectivity index (χ3n) is 5.08. The molecule has 2 aromatic rings. The Hall–Kier alpha value is -3.29. The van der Waals surface area contributed by atoms with E-state index in [9.17, 15) is 23.2 Å². The molecule has 0 spiro atoms. The predicted octanol–water partition coefficient (Wildman–Crippen LogP) is 2.51. The first-order chi connectivity index (χ1) is 12.9. The molecular formula is C19H15F2N3O3. The van der Waals surface area contributed by atoms with Crippen molar-refractivity contribution >= 4 is 29.1 Å². The quantitative estimate of drug-likeness (QED) is 0.882. The fraction of sp³-hybridized carbons (Fsp3) is 0.211. The molecule has 8 heteroatoms. The number of likely N-dealkylation sites (N-methyl/N-ethyl adjacent to an activating group) is 1. The highest BCUT2D eigenvalue weighted by Gasteiger charge is 2.59. The number of hydrogen-bond donors (Lipinski definition) is 1. The van der Waals surface area contributed by atoms with Gasteiger partial charge < -0.3 is 10.2 Å². The molecule has 2 aromatic carbocycles. The monoisotopic (exact) mass is 371 g/mol. The van der Waals surface area contributed by atoms with Crippen LogP contribution in [0.3, 0.4) is 0 Å². The van der Waals surface area contributed by atoms with Crippen molar-refractivity contribution in [2.45, 2.75) is 18.5 Å². The topological polar surface area (TPSA) is 69.7 Å². The molecular weight excluding hydrogens is 356 g/mol. The second-order valence-corrected chi connectivity index (χ2v) is 6.51. The molecule has 0 saturated carbocycles. The summed E-state index contributed by atoms with van der Waals surface area (Å²) < 4.78 is 26.6. The molecule has 0 aliphatic carbocycles. The van der Waals surface area contributed by atoms with E-state index in [2.05, 4.69) is 5.32 Å². The van der Waals surface area contributed by atoms with E-state index >= 15 is 0 Å². The van der Waals surface area contributed by atoms with Gasteiger partial charge in [-0.05, 0) is 24.3 Å². The molecule has 27 heavy (non-hydrogen) atoms. The Morgan fingerprint density at radius 3 is 2.59 bits per heavy atom. The number of anilines is 2. The minimum atomic E-state index is -1.56. The van der Waals surface area contributed by atoms with Crippen molar-refractivity contribution in [3.63, 3.8) is 0 Å². The van der Waals surface area contributed by atoms with Crippen LogP contribution in [-0.2, 0) is 9.59 Å². The molecule has 2 heterocycles. The van der Waals surface area contributed by atoms with Crippen LogP contribution in [0, 0.1) is 11.6 Å². The Morgan fingerprint density at radius 1 is 1.11 bits per heavy atom. The average Bonchev–Trinajstić information content (AvgIpc) is 3.01. The van der Waals surface area contributed by atoms with Crippen molar-refractivity contribution < 1.29 is 23.2 Å². The Kier molecular flexibility index (Phi) is 3.73. The fourth-order valence-electron chi connectivity index (χ4n) is 3.73. The maximum atomic E-state index is 13.5. The minimum Gasteiger partial charge on any atom is -0.322 e. The molecule has 3 amide bonds. The second kappa shape index (κ2) is 5.87. The van der Waals surface area contributed by atoms with E-state index in [0.29, 0.717) is 11.3 Å². The van der Waals surface area contributed by atoms with Gasteiger partial charge in [-0.3, -0.25) is 19.3 Å². The lowest BCUT2D eigenvalue weighted by Gasteiger charge is -2.47. The molecule has 1 N–H and O–H groups in total. The lowest BCUT2D eigenvalue weighted by Crippen LogP contribution is -2.68. The summed E-state index contributed by atoms with van der Waals surface area (Å²) in [6.45, 7) is 0. The summed E-state index contributed by atoms with van der Waals surface area (Å²) in [5, 5.41) is 2.51. The van der Waals surface area contributed by atoms with Crippen LogP contribution < -0.4 is 10.2 Å². The van der Waals surface area contributed by atoms with Gasteiger partial charge in [-0.25, -0.2) is 8.78 Å². The summed E-state index contributed by atoms with van der Waals surface area (Å²) in [7, 11) is 1.45. The number of halogens is 2. The zero-order chi connectivity index (χ0) is 19.3. The third-order valence-corrected chi connectivity index (χ3v) is 5.08. The maximum Gasteiger partial charge on any atom is 0.271 e. The molecule has 1 fully saturated rings. The molecule has 6 nitrogen and oxygen atoms in total. The average molecular weight is 371 g/mol. The van der Waals surface area contributed by atoms with Crippen LogP contribution >= 0.6 is 0 Å². The number of nitrogens with one attached hydrogen (secondary N) is 1. The highest BCUT2D eigenvalue weighted by molar-refractivity contribution is 6.18. The van der Waals surface area contributed by atoms with Crippen LogP contribution in [0.4, 0.5) is 20.2 Å². The summed E-state index contributed by atoms with van der Waals surface area (Å²) in [5.41, 5.74) is -0.838.